The first-order chi connectivity index (χ1) is 29.7. The fraction of sp³-hybridized carbons (Fsp3) is 0.625. The van der Waals surface area contributed by atoms with E-state index in [1.165, 1.54) is 38.1 Å². The minimum Gasteiger partial charge on any atom is -0.508 e. The summed E-state index contributed by atoms with van der Waals surface area (Å²) in [4.78, 5) is 112. The second-order valence-electron chi connectivity index (χ2n) is 16.8. The molecule has 24 heteroatoms. The summed E-state index contributed by atoms with van der Waals surface area (Å²) in [5.41, 5.74) is 15.7. The van der Waals surface area contributed by atoms with Crippen LogP contribution in [-0.4, -0.2) is 134 Å². The summed E-state index contributed by atoms with van der Waals surface area (Å²) in [5, 5.41) is 65.9. The van der Waals surface area contributed by atoms with Crippen molar-refractivity contribution in [2.45, 2.75) is 146 Å². The lowest BCUT2D eigenvalue weighted by Crippen LogP contribution is -2.51. The minimum atomic E-state index is -1.81. The van der Waals surface area contributed by atoms with Crippen molar-refractivity contribution in [1.82, 2.24) is 37.2 Å². The summed E-state index contributed by atoms with van der Waals surface area (Å²) in [6.45, 7) is 6.73. The number of amides is 7. The Balaban J connectivity index is 2.69. The van der Waals surface area contributed by atoms with Gasteiger partial charge in [-0.25, -0.2) is 0 Å². The highest BCUT2D eigenvalue weighted by molar-refractivity contribution is 5.85. The molecular weight excluding hydrogens is 844 g/mol. The van der Waals surface area contributed by atoms with Gasteiger partial charge in [-0.2, -0.15) is 0 Å². The first kappa shape index (κ1) is 56.1. The molecule has 1 rings (SSSR count). The molecule has 1 aromatic carbocycles. The third-order valence-corrected chi connectivity index (χ3v) is 8.96. The number of phenolic OH excluding ortho intramolecular Hbond substituents is 1. The van der Waals surface area contributed by atoms with Gasteiger partial charge >= 0.3 is 11.9 Å². The van der Waals surface area contributed by atoms with Crippen molar-refractivity contribution < 1.29 is 68.7 Å². The van der Waals surface area contributed by atoms with Crippen LogP contribution in [0.4, 0.5) is 0 Å². The Labute approximate surface area is 370 Å². The number of aliphatic carboxylic acids is 2. The highest BCUT2D eigenvalue weighted by Gasteiger charge is 2.29. The molecule has 7 amide bonds. The summed E-state index contributed by atoms with van der Waals surface area (Å²) < 4.78 is 0. The van der Waals surface area contributed by atoms with Crippen LogP contribution in [0.1, 0.15) is 110 Å². The van der Waals surface area contributed by atoms with Gasteiger partial charge in [0.05, 0.1) is 31.7 Å². The van der Waals surface area contributed by atoms with Crippen LogP contribution < -0.4 is 54.4 Å². The molecule has 0 aliphatic heterocycles. The molecule has 0 saturated heterocycles. The number of nitrogens with one attached hydrogen (secondary N) is 7. The average molecular weight is 911 g/mol. The zero-order chi connectivity index (χ0) is 48.8. The van der Waals surface area contributed by atoms with Crippen LogP contribution in [0, 0.1) is 0 Å². The molecule has 0 radical (unpaired) electrons. The van der Waals surface area contributed by atoms with Crippen LogP contribution in [0.5, 0.6) is 5.75 Å². The Morgan fingerprint density at radius 2 is 0.938 bits per heavy atom. The predicted molar refractivity (Wildman–Crippen MR) is 228 cm³/mol. The third-order valence-electron chi connectivity index (χ3n) is 8.96. The fourth-order valence-corrected chi connectivity index (χ4v) is 6.37. The zero-order valence-electron chi connectivity index (χ0n) is 36.6. The van der Waals surface area contributed by atoms with Crippen LogP contribution in [0.15, 0.2) is 24.3 Å². The number of carbonyl (C=O) groups is 9. The number of hydrogen-bond acceptors (Lipinski definition) is 15. The molecule has 0 aliphatic rings. The van der Waals surface area contributed by atoms with E-state index in [2.05, 4.69) is 37.2 Å². The number of carboxylic acid groups (broad SMARTS) is 2. The van der Waals surface area contributed by atoms with Crippen LogP contribution in [-0.2, 0) is 43.2 Å². The second kappa shape index (κ2) is 27.3. The molecule has 24 nitrogen and oxygen atoms in total. The van der Waals surface area contributed by atoms with Gasteiger partial charge in [0.15, 0.2) is 0 Å². The molecule has 0 spiro atoms. The maximum Gasteiger partial charge on any atom is 0.305 e. The summed E-state index contributed by atoms with van der Waals surface area (Å²) in [6.07, 6.45) is -7.26. The number of benzene rings is 1. The van der Waals surface area contributed by atoms with Gasteiger partial charge < -0.3 is 80.0 Å². The molecule has 64 heavy (non-hydrogen) atoms. The van der Waals surface area contributed by atoms with E-state index in [0.29, 0.717) is 12.0 Å². The maximum absolute atomic E-state index is 13.0. The fourth-order valence-electron chi connectivity index (χ4n) is 6.37. The Hall–Kier alpha value is -5.95. The largest absolute Gasteiger partial charge is 0.508 e. The normalized spacial score (nSPS) is 14.3. The lowest BCUT2D eigenvalue weighted by atomic mass is 9.98. The summed E-state index contributed by atoms with van der Waals surface area (Å²) in [6, 6.07) is 1.66. The number of rotatable bonds is 30. The number of aliphatic hydroxyl groups is 2. The van der Waals surface area contributed by atoms with Crippen molar-refractivity contribution in [3.63, 3.8) is 0 Å². The van der Waals surface area contributed by atoms with E-state index in [1.807, 2.05) is 0 Å². The van der Waals surface area contributed by atoms with E-state index in [-0.39, 0.29) is 56.9 Å². The van der Waals surface area contributed by atoms with E-state index in [1.54, 1.807) is 13.8 Å². The highest BCUT2D eigenvalue weighted by atomic mass is 16.4. The monoisotopic (exact) mass is 910 g/mol. The van der Waals surface area contributed by atoms with Crippen LogP contribution in [0.2, 0.25) is 0 Å². The smallest absolute Gasteiger partial charge is 0.305 e. The van der Waals surface area contributed by atoms with Crippen molar-refractivity contribution in [1.29, 1.82) is 0 Å². The zero-order valence-corrected chi connectivity index (χ0v) is 36.6. The van der Waals surface area contributed by atoms with Crippen molar-refractivity contribution in [2.75, 3.05) is 13.1 Å². The van der Waals surface area contributed by atoms with Gasteiger partial charge in [0.2, 0.25) is 41.4 Å². The van der Waals surface area contributed by atoms with Crippen molar-refractivity contribution in [3.8, 4) is 5.75 Å². The Bertz CT molecular complexity index is 1760. The molecule has 0 saturated carbocycles. The van der Waals surface area contributed by atoms with E-state index < -0.39 is 127 Å². The van der Waals surface area contributed by atoms with Crippen LogP contribution >= 0.6 is 0 Å². The lowest BCUT2D eigenvalue weighted by molar-refractivity contribution is -0.139. The van der Waals surface area contributed by atoms with E-state index in [9.17, 15) is 68.7 Å². The number of nitrogens with two attached hydrogens (primary N) is 3. The number of carbonyl (C=O) groups excluding carboxylic acids is 7. The van der Waals surface area contributed by atoms with Gasteiger partial charge in [-0.15, -0.1) is 0 Å². The van der Waals surface area contributed by atoms with Gasteiger partial charge in [0.1, 0.15) is 18.2 Å². The molecule has 1 aromatic rings. The van der Waals surface area contributed by atoms with Gasteiger partial charge in [0, 0.05) is 61.3 Å². The first-order valence-electron chi connectivity index (χ1n) is 20.5. The van der Waals surface area contributed by atoms with Gasteiger partial charge in [-0.3, -0.25) is 43.2 Å². The minimum absolute atomic E-state index is 0.0265. The number of hydrogen-bond donors (Lipinski definition) is 15. The molecule has 0 aromatic heterocycles. The van der Waals surface area contributed by atoms with Gasteiger partial charge in [-0.1, -0.05) is 12.1 Å². The van der Waals surface area contributed by atoms with Crippen molar-refractivity contribution in [3.05, 3.63) is 29.8 Å². The topological polar surface area (TPSA) is 417 Å². The Morgan fingerprint density at radius 3 is 1.44 bits per heavy atom. The van der Waals surface area contributed by atoms with Gasteiger partial charge in [0.25, 0.3) is 0 Å². The van der Waals surface area contributed by atoms with Crippen LogP contribution in [0.25, 0.3) is 0 Å². The summed E-state index contributed by atoms with van der Waals surface area (Å²) in [7, 11) is 0. The molecule has 0 fully saturated rings. The summed E-state index contributed by atoms with van der Waals surface area (Å²) >= 11 is 0. The molecule has 1 unspecified atom stereocenters. The Kier molecular flexibility index (Phi) is 23.9. The third kappa shape index (κ3) is 25.9. The van der Waals surface area contributed by atoms with E-state index in [0.717, 1.165) is 0 Å². The Morgan fingerprint density at radius 1 is 0.531 bits per heavy atom. The molecule has 0 heterocycles. The number of carboxylic acids is 2. The number of aliphatic hydroxyl groups excluding tert-OH is 2. The molecule has 0 aliphatic carbocycles. The SMILES string of the molecule is CC(C)(N)CC(=O)N[C@@H](CCN)CC(=O)N[C@@H](CCN)CC(=O)NC(C)(C)CC(=O)N[C@H](O)CC(=O)NC(CC(=O)O)CC(=O)N[C@H](O)CC(=O)N[C@H](CC(=O)O)c1ccc(O)cc1. The van der Waals surface area contributed by atoms with Crippen molar-refractivity contribution in [2.24, 2.45) is 17.2 Å². The molecular formula is C40H66N10O14. The van der Waals surface area contributed by atoms with E-state index >= 15 is 0 Å². The highest BCUT2D eigenvalue weighted by Crippen LogP contribution is 2.20. The van der Waals surface area contributed by atoms with Gasteiger partial charge in [-0.05, 0) is 71.3 Å². The quantitative estimate of drug-likeness (QED) is 0.0340. The average Bonchev–Trinajstić information content (AvgIpc) is 3.09. The number of phenols is 1. The predicted octanol–water partition coefficient (Wildman–Crippen LogP) is -3.12. The molecule has 360 valence electrons. The first-order valence-corrected chi connectivity index (χ1v) is 20.5. The van der Waals surface area contributed by atoms with E-state index in [4.69, 9.17) is 17.2 Å². The molecule has 18 N–H and O–H groups in total. The summed E-state index contributed by atoms with van der Waals surface area (Å²) in [5.74, 6) is -7.72. The van der Waals surface area contributed by atoms with Crippen LogP contribution in [0.3, 0.4) is 0 Å². The number of aromatic hydroxyl groups is 1. The standard InChI is InChI=1S/C40H66N10O14/c1-39(2,43)20-35(59)45-23(9-11-41)13-28(52)44-24(10-12-42)14-34(58)50-40(3,4)21-36(60)49-33(57)18-30(54)46-25(16-37(61)62)15-29(53)48-32(56)19-31(55)47-27(17-38(63)64)22-5-7-26(51)8-6-22/h5-8,23-25,27,32-33,51,56-57H,9-21,41-43H2,1-4H3,(H,44,52)(H,45,59)(H,46,54)(H,47,55)(H,48,53)(H,49,60)(H,50,58)(H,61,62)(H,63,64)/t23-,24-,25?,27+,32+,33+/m0/s1. The molecule has 0 bridgehead atoms. The lowest BCUT2D eigenvalue weighted by Gasteiger charge is -2.28. The second-order valence-corrected chi connectivity index (χ2v) is 16.8. The maximum atomic E-state index is 13.0. The molecule has 6 atom stereocenters. The van der Waals surface area contributed by atoms with Crippen molar-refractivity contribution >= 4 is 53.3 Å².